The summed E-state index contributed by atoms with van der Waals surface area (Å²) in [5.74, 6) is 2.18. The maximum atomic E-state index is 10.6. The Morgan fingerprint density at radius 1 is 0.394 bits per heavy atom. The molecule has 0 spiro atoms. The minimum Gasteiger partial charge on any atom is -0.469 e. The largest absolute Gasteiger partial charge is 0.469 e. The van der Waals surface area contributed by atoms with Crippen molar-refractivity contribution in [3.05, 3.63) is 0 Å². The van der Waals surface area contributed by atoms with E-state index in [4.69, 9.17) is 32.1 Å². The van der Waals surface area contributed by atoms with Crippen molar-refractivity contribution in [2.24, 2.45) is 60.2 Å². The number of terminal acetylenes is 1. The molecule has 137 heavy (non-hydrogen) atoms. The van der Waals surface area contributed by atoms with Crippen molar-refractivity contribution in [3.8, 4) is 12.3 Å². The number of carbonyl (C=O) groups excluding carboxylic acids is 2. The number of nitrogens with zero attached hydrogens (tertiary/aromatic N) is 12. The van der Waals surface area contributed by atoms with Crippen molar-refractivity contribution < 1.29 is 33.3 Å². The number of amides is 1. The number of methoxy groups -OCH3 is 2. The van der Waals surface area contributed by atoms with Gasteiger partial charge in [-0.3, -0.25) is 34.1 Å². The summed E-state index contributed by atoms with van der Waals surface area (Å²) in [7, 11) is 23.5. The van der Waals surface area contributed by atoms with Gasteiger partial charge in [0, 0.05) is 216 Å². The van der Waals surface area contributed by atoms with E-state index >= 15 is 0 Å². The van der Waals surface area contributed by atoms with E-state index in [9.17, 15) is 9.59 Å². The minimum absolute atomic E-state index is 0.00993. The van der Waals surface area contributed by atoms with Gasteiger partial charge in [0.25, 0.3) is 0 Å². The number of rotatable bonds is 8. The molecular weight excluding hydrogens is 1710 g/mol. The van der Waals surface area contributed by atoms with Gasteiger partial charge in [-0.05, 0) is 301 Å². The average Bonchev–Trinajstić information content (AvgIpc) is 0.747. The predicted octanol–water partition coefficient (Wildman–Crippen LogP) is 18.9. The molecule has 0 aliphatic carbocycles. The second-order valence-electron chi connectivity index (χ2n) is 55.2. The molecular formula is C113H253N17O7. The van der Waals surface area contributed by atoms with E-state index in [1.807, 2.05) is 62.7 Å². The molecule has 0 aromatic carbocycles. The van der Waals surface area contributed by atoms with Gasteiger partial charge in [-0.1, -0.05) is 152 Å². The van der Waals surface area contributed by atoms with Crippen LogP contribution in [0.4, 0.5) is 0 Å². The van der Waals surface area contributed by atoms with Gasteiger partial charge in [-0.15, -0.1) is 12.3 Å². The van der Waals surface area contributed by atoms with Crippen LogP contribution in [0.25, 0.3) is 0 Å². The van der Waals surface area contributed by atoms with Crippen LogP contribution in [-0.2, 0) is 33.3 Å². The maximum Gasteiger partial charge on any atom is 0.310 e. The Labute approximate surface area is 859 Å². The van der Waals surface area contributed by atoms with Crippen LogP contribution in [0.2, 0.25) is 0 Å². The summed E-state index contributed by atoms with van der Waals surface area (Å²) in [5, 5.41) is 9.81. The van der Waals surface area contributed by atoms with Gasteiger partial charge in [0.2, 0.25) is 5.91 Å². The van der Waals surface area contributed by atoms with E-state index in [0.717, 1.165) is 112 Å². The van der Waals surface area contributed by atoms with Crippen LogP contribution < -0.4 is 27.4 Å². The first-order valence-corrected chi connectivity index (χ1v) is 52.6. The average molecular weight is 1960 g/mol. The summed E-state index contributed by atoms with van der Waals surface area (Å²) in [4.78, 5) is 49.8. The third-order valence-corrected chi connectivity index (χ3v) is 21.3. The van der Waals surface area contributed by atoms with Gasteiger partial charge in [0.1, 0.15) is 0 Å². The Morgan fingerprint density at radius 2 is 0.672 bits per heavy atom. The summed E-state index contributed by atoms with van der Waals surface area (Å²) in [6.45, 7) is 136. The fourth-order valence-corrected chi connectivity index (χ4v) is 12.6. The Morgan fingerprint density at radius 3 is 0.861 bits per heavy atom. The number of likely N-dealkylation sites (N-methyl/N-ethyl adjacent to an activating group) is 3. The van der Waals surface area contributed by atoms with Crippen molar-refractivity contribution >= 4 is 11.9 Å². The topological polar surface area (TPSA) is 207 Å². The number of primary amides is 1. The molecule has 7 heterocycles. The van der Waals surface area contributed by atoms with E-state index in [0.29, 0.717) is 60.2 Å². The fourth-order valence-electron chi connectivity index (χ4n) is 12.6. The lowest BCUT2D eigenvalue weighted by Gasteiger charge is -2.41. The molecule has 0 saturated carbocycles. The molecule has 832 valence electrons. The molecule has 7 saturated heterocycles. The highest BCUT2D eigenvalue weighted by atomic mass is 16.5. The number of likely N-dealkylation sites (tertiary alicyclic amines) is 1. The third kappa shape index (κ3) is 121. The molecule has 0 radical (unpaired) electrons. The van der Waals surface area contributed by atoms with Gasteiger partial charge in [0.05, 0.1) is 51.2 Å². The van der Waals surface area contributed by atoms with Crippen LogP contribution in [0.15, 0.2) is 0 Å². The predicted molar refractivity (Wildman–Crippen MR) is 608 cm³/mol. The van der Waals surface area contributed by atoms with E-state index in [1.54, 1.807) is 35.0 Å². The lowest BCUT2D eigenvalue weighted by molar-refractivity contribution is -0.149. The second kappa shape index (κ2) is 76.3. The quantitative estimate of drug-likeness (QED) is 0.113. The first kappa shape index (κ1) is 152. The highest BCUT2D eigenvalue weighted by molar-refractivity contribution is 5.79. The zero-order chi connectivity index (χ0) is 110. The number of nitrogens with two attached hydrogens (primary N) is 2. The summed E-state index contributed by atoms with van der Waals surface area (Å²) in [6, 6.07) is 0. The van der Waals surface area contributed by atoms with Gasteiger partial charge >= 0.3 is 5.97 Å². The second-order valence-corrected chi connectivity index (χ2v) is 55.2. The van der Waals surface area contributed by atoms with Crippen LogP contribution in [-0.4, -0.2) is 412 Å². The molecule has 0 atom stereocenters. The molecule has 0 aromatic heterocycles. The number of morpholine rings is 2. The number of carbonyl (C=O) groups is 2. The molecule has 7 rings (SSSR count). The van der Waals surface area contributed by atoms with Crippen LogP contribution in [0.3, 0.4) is 0 Å². The van der Waals surface area contributed by atoms with Crippen LogP contribution >= 0.6 is 0 Å². The molecule has 1 amide bonds. The Balaban J connectivity index is -0.000000183. The Hall–Kier alpha value is -2.30. The van der Waals surface area contributed by atoms with Gasteiger partial charge in [0.15, 0.2) is 0 Å². The van der Waals surface area contributed by atoms with Crippen molar-refractivity contribution in [2.75, 3.05) is 308 Å². The first-order chi connectivity index (χ1) is 61.2. The molecule has 0 aromatic rings. The number of ether oxygens (including phenoxy) is 5. The third-order valence-electron chi connectivity index (χ3n) is 21.3. The zero-order valence-corrected chi connectivity index (χ0v) is 104. The van der Waals surface area contributed by atoms with Crippen molar-refractivity contribution in [1.29, 1.82) is 0 Å². The van der Waals surface area contributed by atoms with E-state index in [-0.39, 0.29) is 33.7 Å². The minimum atomic E-state index is -0.361. The summed E-state index contributed by atoms with van der Waals surface area (Å²) in [5.41, 5.74) is 13.9. The number of piperidine rings is 1. The molecule has 0 unspecified atom stereocenters. The fraction of sp³-hybridized carbons (Fsp3) is 0.965. The molecule has 7 fully saturated rings. The first-order valence-electron chi connectivity index (χ1n) is 52.6. The summed E-state index contributed by atoms with van der Waals surface area (Å²) < 4.78 is 24.7. The number of hydrogen-bond donors (Lipinski definition) is 5. The van der Waals surface area contributed by atoms with Crippen LogP contribution in [0, 0.1) is 61.1 Å². The monoisotopic (exact) mass is 1960 g/mol. The lowest BCUT2D eigenvalue weighted by atomic mass is 9.96. The molecule has 7 aliphatic heterocycles. The number of nitrogens with one attached hydrogen (secondary N) is 3. The summed E-state index contributed by atoms with van der Waals surface area (Å²) in [6.07, 6.45) is 9.29. The number of esters is 1. The van der Waals surface area contributed by atoms with Crippen LogP contribution in [0.1, 0.15) is 331 Å². The van der Waals surface area contributed by atoms with Gasteiger partial charge in [-0.2, -0.15) is 0 Å². The molecule has 24 heteroatoms. The Kier molecular flexibility index (Phi) is 84.8. The lowest BCUT2D eigenvalue weighted by Crippen LogP contribution is -2.52. The maximum absolute atomic E-state index is 10.6. The molecule has 7 N–H and O–H groups in total. The van der Waals surface area contributed by atoms with Crippen molar-refractivity contribution in [3.63, 3.8) is 0 Å². The van der Waals surface area contributed by atoms with Gasteiger partial charge < -0.3 is 85.4 Å². The Bertz CT molecular complexity index is 2660. The smallest absolute Gasteiger partial charge is 0.310 e. The number of hydrogen-bond acceptors (Lipinski definition) is 23. The summed E-state index contributed by atoms with van der Waals surface area (Å²) >= 11 is 0. The van der Waals surface area contributed by atoms with Gasteiger partial charge in [-0.25, -0.2) is 0 Å². The highest BCUT2D eigenvalue weighted by Crippen LogP contribution is 2.24. The molecule has 7 aliphatic rings. The highest BCUT2D eigenvalue weighted by Gasteiger charge is 2.29. The van der Waals surface area contributed by atoms with E-state index < -0.39 is 0 Å². The SMILES string of the molecule is C#CC(C)(C)C.CC(C)(C)C(N)=O.CC(C)(C)CN.CC(C)(C)CN1CCNCC1.CC(C)(C)CN1CCOCC1.CC(C)(C)N1CCCCC1.CC(C)(C)N1CCNCC1.CC(C)(C)N1CCOCC1.CN(C)C(C)(C)C.CN(C)CC(C)(C)C.CN(C)CCOC(C)(C)C.CN1CCN(C(C)(C)C)CC1.CN1CCN(CC(C)(C)C)CC1.CNCC(C)(C)C.COC.COC(=O)C(C)(C)C. The standard InChI is InChI=1S/C10H22N2.2C9H20N2.C9H19NO.C9H19N.C8H18N2.C8H17NO.C8H19NO.C7H17N.2C6H15N.C6H12O2.C6H10.C5H11NO.C5H13N.C2H6O/c1-10(2,3)9-12-7-5-11(4)6-8-12;1-9(2,3)11-7-5-10(4)6-8-11;1-9(2,3)8-11-6-4-10-5-7-11;1-9(2,3)8-10-4-6-11-7-5-10;1-9(2,3)10-7-5-4-6-8-10;1-8(2,3)10-6-4-9-5-7-10;1-8(2,3)9-4-6-10-7-5-9;1-8(2,3)10-7-6-9(4)5;1-7(2,3)6-8(4)5;1-6(2,3)7(4)5;1-6(2,3)5-7-4;1-6(2,3)5(7)8-4;1-5-6(2,3)4;1-5(2,3)4(6)7;1-5(2,3)4-6;1-3-2/h5-9H2,1-4H3;5-8H2,1-4H3;10H,4-8H2,1-3H3;4-8H2,1-3H3;4-8H2,1-3H3;9H,4-7H2,1-3H3;4-7H2,1-3H3;6-7H2,1-5H3;6H2,1-5H3;1-5H3;7H,5H2,1-4H3;1-4H3;1H,2-4H3;1-3H3,(H2,6,7);4,6H2,1-3H3;1-2H3. The zero-order valence-electron chi connectivity index (χ0n) is 104. The molecule has 0 bridgehead atoms. The van der Waals surface area contributed by atoms with Crippen LogP contribution in [0.5, 0.6) is 0 Å². The van der Waals surface area contributed by atoms with Crippen molar-refractivity contribution in [2.45, 2.75) is 364 Å². The van der Waals surface area contributed by atoms with Crippen molar-refractivity contribution in [1.82, 2.24) is 74.7 Å². The molecule has 24 nitrogen and oxygen atoms in total. The normalized spacial score (nSPS) is 17.8. The van der Waals surface area contributed by atoms with E-state index in [2.05, 4.69) is 382 Å². The number of piperazine rings is 4. The van der Waals surface area contributed by atoms with E-state index in [1.165, 1.54) is 138 Å².